The van der Waals surface area contributed by atoms with Gasteiger partial charge in [-0.2, -0.15) is 0 Å². The minimum absolute atomic E-state index is 0.378. The Balaban J connectivity index is 1.97. The van der Waals surface area contributed by atoms with Crippen LogP contribution in [0.4, 0.5) is 0 Å². The van der Waals surface area contributed by atoms with Crippen molar-refractivity contribution in [2.24, 2.45) is 5.92 Å². The van der Waals surface area contributed by atoms with E-state index in [1.54, 1.807) is 26.3 Å². The highest BCUT2D eigenvalue weighted by atomic mass is 32.2. The van der Waals surface area contributed by atoms with E-state index in [0.29, 0.717) is 23.3 Å². The van der Waals surface area contributed by atoms with Crippen LogP contribution in [0.5, 0.6) is 0 Å². The average Bonchev–Trinajstić information content (AvgIpc) is 3.00. The number of methoxy groups -OCH3 is 1. The number of ether oxygens (including phenoxy) is 1. The monoisotopic (exact) mass is 354 g/mol. The van der Waals surface area contributed by atoms with Gasteiger partial charge in [0.15, 0.2) is 0 Å². The Morgan fingerprint density at radius 1 is 1.29 bits per heavy atom. The first-order valence-corrected chi connectivity index (χ1v) is 10.1. The number of rotatable bonds is 8. The van der Waals surface area contributed by atoms with Gasteiger partial charge in [0, 0.05) is 33.8 Å². The molecule has 0 amide bonds. The Bertz CT molecular complexity index is 614. The molecule has 5 nitrogen and oxygen atoms in total. The van der Waals surface area contributed by atoms with E-state index in [4.69, 9.17) is 4.74 Å². The summed E-state index contributed by atoms with van der Waals surface area (Å²) in [5.74, 6) is 0.785. The van der Waals surface area contributed by atoms with Gasteiger partial charge in [0.25, 0.3) is 0 Å². The Labute approximate surface area is 146 Å². The molecule has 24 heavy (non-hydrogen) atoms. The molecule has 6 heteroatoms. The number of nitrogens with zero attached hydrogens (tertiary/aromatic N) is 2. The molecule has 1 aliphatic heterocycles. The van der Waals surface area contributed by atoms with Gasteiger partial charge in [0.05, 0.1) is 11.5 Å². The average molecular weight is 355 g/mol. The molecule has 0 spiro atoms. The van der Waals surface area contributed by atoms with Crippen LogP contribution >= 0.6 is 0 Å². The van der Waals surface area contributed by atoms with Gasteiger partial charge in [-0.25, -0.2) is 12.7 Å². The summed E-state index contributed by atoms with van der Waals surface area (Å²) in [5.41, 5.74) is 1.15. The quantitative estimate of drug-likeness (QED) is 0.719. The molecule has 1 saturated heterocycles. The SMILES string of the molecule is COCCN1CCC(CN(C)S(=O)(=O)c2ccc(C(C)C)cc2)C1. The van der Waals surface area contributed by atoms with Crippen molar-refractivity contribution >= 4 is 10.0 Å². The number of benzene rings is 1. The molecule has 1 atom stereocenters. The third-order valence-electron chi connectivity index (χ3n) is 4.75. The Morgan fingerprint density at radius 3 is 2.54 bits per heavy atom. The summed E-state index contributed by atoms with van der Waals surface area (Å²) in [6.07, 6.45) is 1.04. The zero-order chi connectivity index (χ0) is 17.7. The van der Waals surface area contributed by atoms with Crippen LogP contribution in [0.15, 0.2) is 29.2 Å². The van der Waals surface area contributed by atoms with Crippen molar-refractivity contribution in [3.63, 3.8) is 0 Å². The molecule has 0 N–H and O–H groups in total. The van der Waals surface area contributed by atoms with Crippen molar-refractivity contribution in [1.82, 2.24) is 9.21 Å². The number of hydrogen-bond donors (Lipinski definition) is 0. The van der Waals surface area contributed by atoms with Gasteiger partial charge in [-0.1, -0.05) is 26.0 Å². The van der Waals surface area contributed by atoms with Gasteiger partial charge in [-0.05, 0) is 42.5 Å². The van der Waals surface area contributed by atoms with Gasteiger partial charge >= 0.3 is 0 Å². The Kier molecular flexibility index (Phi) is 6.80. The van der Waals surface area contributed by atoms with Crippen molar-refractivity contribution in [1.29, 1.82) is 0 Å². The number of sulfonamides is 1. The zero-order valence-corrected chi connectivity index (χ0v) is 16.1. The largest absolute Gasteiger partial charge is 0.383 e. The molecule has 0 aromatic heterocycles. The third-order valence-corrected chi connectivity index (χ3v) is 6.59. The van der Waals surface area contributed by atoms with Crippen molar-refractivity contribution in [3.05, 3.63) is 29.8 Å². The van der Waals surface area contributed by atoms with Gasteiger partial charge in [0.1, 0.15) is 0 Å². The molecule has 1 aromatic rings. The van der Waals surface area contributed by atoms with E-state index in [0.717, 1.165) is 38.2 Å². The molecule has 1 heterocycles. The van der Waals surface area contributed by atoms with E-state index in [1.165, 1.54) is 4.31 Å². The number of hydrogen-bond acceptors (Lipinski definition) is 4. The second kappa shape index (κ2) is 8.43. The lowest BCUT2D eigenvalue weighted by molar-refractivity contribution is 0.158. The summed E-state index contributed by atoms with van der Waals surface area (Å²) in [4.78, 5) is 2.72. The topological polar surface area (TPSA) is 49.9 Å². The van der Waals surface area contributed by atoms with E-state index < -0.39 is 10.0 Å². The highest BCUT2D eigenvalue weighted by molar-refractivity contribution is 7.89. The molecule has 1 unspecified atom stereocenters. The second-order valence-corrected chi connectivity index (χ2v) is 9.00. The van der Waals surface area contributed by atoms with E-state index >= 15 is 0 Å². The summed E-state index contributed by atoms with van der Waals surface area (Å²) in [6.45, 7) is 8.37. The maximum absolute atomic E-state index is 12.7. The normalized spacial score (nSPS) is 19.5. The minimum Gasteiger partial charge on any atom is -0.383 e. The van der Waals surface area contributed by atoms with Crippen LogP contribution < -0.4 is 0 Å². The lowest BCUT2D eigenvalue weighted by Gasteiger charge is -2.22. The lowest BCUT2D eigenvalue weighted by Crippen LogP contribution is -2.33. The fraction of sp³-hybridized carbons (Fsp3) is 0.667. The van der Waals surface area contributed by atoms with Crippen LogP contribution in [0, 0.1) is 5.92 Å². The van der Waals surface area contributed by atoms with Crippen molar-refractivity contribution in [3.8, 4) is 0 Å². The molecule has 0 bridgehead atoms. The molecule has 0 saturated carbocycles. The lowest BCUT2D eigenvalue weighted by atomic mass is 10.0. The van der Waals surface area contributed by atoms with Crippen LogP contribution in [0.2, 0.25) is 0 Å². The highest BCUT2D eigenvalue weighted by Crippen LogP contribution is 2.22. The van der Waals surface area contributed by atoms with Crippen molar-refractivity contribution in [2.75, 3.05) is 46.9 Å². The van der Waals surface area contributed by atoms with Crippen molar-refractivity contribution in [2.45, 2.75) is 31.1 Å². The van der Waals surface area contributed by atoms with Crippen molar-refractivity contribution < 1.29 is 13.2 Å². The molecule has 0 radical (unpaired) electrons. The molecule has 1 aromatic carbocycles. The third kappa shape index (κ3) is 4.79. The highest BCUT2D eigenvalue weighted by Gasteiger charge is 2.28. The predicted molar refractivity (Wildman–Crippen MR) is 96.8 cm³/mol. The maximum atomic E-state index is 12.7. The summed E-state index contributed by atoms with van der Waals surface area (Å²) in [5, 5.41) is 0. The van der Waals surface area contributed by atoms with E-state index in [-0.39, 0.29) is 0 Å². The summed E-state index contributed by atoms with van der Waals surface area (Å²) in [7, 11) is -0.0224. The summed E-state index contributed by atoms with van der Waals surface area (Å²) < 4.78 is 32.1. The first kappa shape index (κ1) is 19.4. The van der Waals surface area contributed by atoms with E-state index in [1.807, 2.05) is 12.1 Å². The Hall–Kier alpha value is -0.950. The van der Waals surface area contributed by atoms with Crippen LogP contribution in [-0.4, -0.2) is 64.6 Å². The van der Waals surface area contributed by atoms with E-state index in [2.05, 4.69) is 18.7 Å². The zero-order valence-electron chi connectivity index (χ0n) is 15.2. The number of likely N-dealkylation sites (tertiary alicyclic amines) is 1. The van der Waals surface area contributed by atoms with Gasteiger partial charge < -0.3 is 9.64 Å². The summed E-state index contributed by atoms with van der Waals surface area (Å²) in [6, 6.07) is 7.27. The first-order chi connectivity index (χ1) is 11.3. The fourth-order valence-corrected chi connectivity index (χ4v) is 4.40. The van der Waals surface area contributed by atoms with Crippen LogP contribution in [0.1, 0.15) is 31.7 Å². The van der Waals surface area contributed by atoms with Gasteiger partial charge in [0.2, 0.25) is 10.0 Å². The molecule has 1 aliphatic rings. The van der Waals surface area contributed by atoms with Crippen LogP contribution in [-0.2, 0) is 14.8 Å². The minimum atomic E-state index is -3.41. The molecule has 136 valence electrons. The molecular weight excluding hydrogens is 324 g/mol. The molecule has 0 aliphatic carbocycles. The van der Waals surface area contributed by atoms with Gasteiger partial charge in [-0.3, -0.25) is 0 Å². The second-order valence-electron chi connectivity index (χ2n) is 6.96. The fourth-order valence-electron chi connectivity index (χ4n) is 3.15. The maximum Gasteiger partial charge on any atom is 0.242 e. The molecule has 1 fully saturated rings. The first-order valence-electron chi connectivity index (χ1n) is 8.62. The summed E-state index contributed by atoms with van der Waals surface area (Å²) >= 11 is 0. The molecule has 2 rings (SSSR count). The molecular formula is C18H30N2O3S. The van der Waals surface area contributed by atoms with Gasteiger partial charge in [-0.15, -0.1) is 0 Å². The Morgan fingerprint density at radius 2 is 1.96 bits per heavy atom. The van der Waals surface area contributed by atoms with Crippen LogP contribution in [0.25, 0.3) is 0 Å². The smallest absolute Gasteiger partial charge is 0.242 e. The van der Waals surface area contributed by atoms with Crippen LogP contribution in [0.3, 0.4) is 0 Å². The standard InChI is InChI=1S/C18H30N2O3S/c1-15(2)17-5-7-18(8-6-17)24(21,22)19(3)13-16-9-10-20(14-16)11-12-23-4/h5-8,15-16H,9-14H2,1-4H3. The predicted octanol–water partition coefficient (Wildman–Crippen LogP) is 2.40. The van der Waals surface area contributed by atoms with E-state index in [9.17, 15) is 8.42 Å².